The molecule has 3 aromatic carbocycles. The second-order valence-electron chi connectivity index (χ2n) is 7.82. The molecule has 5 nitrogen and oxygen atoms in total. The van der Waals surface area contributed by atoms with Crippen LogP contribution in [0.1, 0.15) is 22.3 Å². The molecule has 0 fully saturated rings. The van der Waals surface area contributed by atoms with E-state index in [9.17, 15) is 9.59 Å². The minimum Gasteiger partial charge on any atom is -0.495 e. The van der Waals surface area contributed by atoms with Crippen LogP contribution >= 0.6 is 11.6 Å². The molecule has 162 valence electrons. The van der Waals surface area contributed by atoms with Gasteiger partial charge in [-0.1, -0.05) is 41.4 Å². The normalized spacial score (nSPS) is 13.7. The standard InChI is InChI=1S/C26H23ClN2O3/c1-15-5-11-20(17(3)13-15)23-24(28-21-14-16(2)6-12-22(21)32-4)26(31)29(25(23)30)19-9-7-18(27)8-10-19/h5-14,28H,1-4H3. The van der Waals surface area contributed by atoms with Crippen molar-refractivity contribution in [3.05, 3.63) is 93.6 Å². The van der Waals surface area contributed by atoms with Gasteiger partial charge in [-0.15, -0.1) is 0 Å². The number of aryl methyl sites for hydroxylation is 3. The van der Waals surface area contributed by atoms with E-state index < -0.39 is 11.8 Å². The van der Waals surface area contributed by atoms with Crippen LogP contribution in [0.5, 0.6) is 5.75 Å². The second-order valence-corrected chi connectivity index (χ2v) is 8.26. The van der Waals surface area contributed by atoms with Gasteiger partial charge in [-0.3, -0.25) is 9.59 Å². The number of benzene rings is 3. The van der Waals surface area contributed by atoms with Gasteiger partial charge in [-0.2, -0.15) is 0 Å². The molecule has 1 aliphatic rings. The van der Waals surface area contributed by atoms with Crippen molar-refractivity contribution in [2.75, 3.05) is 17.3 Å². The number of nitrogens with zero attached hydrogens (tertiary/aromatic N) is 1. The van der Waals surface area contributed by atoms with Gasteiger partial charge in [0.15, 0.2) is 0 Å². The molecular formula is C26H23ClN2O3. The Kier molecular flexibility index (Phi) is 5.76. The van der Waals surface area contributed by atoms with Crippen LogP contribution in [0.25, 0.3) is 5.57 Å². The van der Waals surface area contributed by atoms with E-state index in [1.165, 1.54) is 4.90 Å². The predicted octanol–water partition coefficient (Wildman–Crippen LogP) is 5.67. The average molecular weight is 447 g/mol. The van der Waals surface area contributed by atoms with Gasteiger partial charge in [0.1, 0.15) is 11.4 Å². The van der Waals surface area contributed by atoms with Crippen LogP contribution in [-0.4, -0.2) is 18.9 Å². The first-order chi connectivity index (χ1) is 15.3. The van der Waals surface area contributed by atoms with E-state index in [0.717, 1.165) is 16.7 Å². The molecule has 4 rings (SSSR count). The van der Waals surface area contributed by atoms with Crippen molar-refractivity contribution in [2.24, 2.45) is 0 Å². The zero-order chi connectivity index (χ0) is 23.0. The van der Waals surface area contributed by atoms with Crippen molar-refractivity contribution in [1.29, 1.82) is 0 Å². The highest BCUT2D eigenvalue weighted by Crippen LogP contribution is 2.37. The molecule has 3 aromatic rings. The summed E-state index contributed by atoms with van der Waals surface area (Å²) >= 11 is 6.01. The van der Waals surface area contributed by atoms with Crippen LogP contribution < -0.4 is 15.0 Å². The molecule has 0 bridgehead atoms. The fourth-order valence-corrected chi connectivity index (χ4v) is 3.99. The molecule has 0 aromatic heterocycles. The van der Waals surface area contributed by atoms with Crippen molar-refractivity contribution in [2.45, 2.75) is 20.8 Å². The number of hydrogen-bond acceptors (Lipinski definition) is 4. The molecule has 6 heteroatoms. The Morgan fingerprint density at radius 2 is 1.50 bits per heavy atom. The first-order valence-corrected chi connectivity index (χ1v) is 10.6. The van der Waals surface area contributed by atoms with Gasteiger partial charge in [-0.05, 0) is 73.9 Å². The first kappa shape index (κ1) is 21.7. The lowest BCUT2D eigenvalue weighted by Gasteiger charge is -2.16. The maximum atomic E-state index is 13.6. The fourth-order valence-electron chi connectivity index (χ4n) is 3.87. The zero-order valence-electron chi connectivity index (χ0n) is 18.3. The van der Waals surface area contributed by atoms with Gasteiger partial charge < -0.3 is 10.1 Å². The summed E-state index contributed by atoms with van der Waals surface area (Å²) in [6, 6.07) is 18.1. The summed E-state index contributed by atoms with van der Waals surface area (Å²) in [5.41, 5.74) is 5.30. The zero-order valence-corrected chi connectivity index (χ0v) is 19.1. The molecule has 32 heavy (non-hydrogen) atoms. The lowest BCUT2D eigenvalue weighted by Crippen LogP contribution is -2.32. The van der Waals surface area contributed by atoms with Crippen molar-refractivity contribution in [3.8, 4) is 5.75 Å². The number of nitrogens with one attached hydrogen (secondary N) is 1. The minimum atomic E-state index is -0.434. The number of rotatable bonds is 5. The van der Waals surface area contributed by atoms with Gasteiger partial charge in [0.25, 0.3) is 11.8 Å². The van der Waals surface area contributed by atoms with E-state index >= 15 is 0 Å². The molecule has 0 spiro atoms. The smallest absolute Gasteiger partial charge is 0.282 e. The van der Waals surface area contributed by atoms with Gasteiger partial charge in [0.05, 0.1) is 24.1 Å². The Balaban J connectivity index is 1.88. The second kappa shape index (κ2) is 8.52. The monoisotopic (exact) mass is 446 g/mol. The number of carbonyl (C=O) groups is 2. The summed E-state index contributed by atoms with van der Waals surface area (Å²) in [6.45, 7) is 5.87. The maximum Gasteiger partial charge on any atom is 0.282 e. The lowest BCUT2D eigenvalue weighted by atomic mass is 9.97. The average Bonchev–Trinajstić information content (AvgIpc) is 2.99. The Hall–Kier alpha value is -3.57. The number of imide groups is 1. The maximum absolute atomic E-state index is 13.6. The molecule has 1 N–H and O–H groups in total. The summed E-state index contributed by atoms with van der Waals surface area (Å²) in [5, 5.41) is 3.73. The number of halogens is 1. The van der Waals surface area contributed by atoms with Crippen LogP contribution in [0.15, 0.2) is 66.4 Å². The summed E-state index contributed by atoms with van der Waals surface area (Å²) in [6.07, 6.45) is 0. The van der Waals surface area contributed by atoms with Crippen LogP contribution in [0.2, 0.25) is 5.02 Å². The van der Waals surface area contributed by atoms with E-state index in [1.807, 2.05) is 57.2 Å². The van der Waals surface area contributed by atoms with Crippen LogP contribution in [-0.2, 0) is 9.59 Å². The molecule has 1 aliphatic heterocycles. The van der Waals surface area contributed by atoms with Gasteiger partial charge in [0, 0.05) is 5.02 Å². The van der Waals surface area contributed by atoms with E-state index in [4.69, 9.17) is 16.3 Å². The number of ether oxygens (including phenoxy) is 1. The third-order valence-corrected chi connectivity index (χ3v) is 5.69. The highest BCUT2D eigenvalue weighted by atomic mass is 35.5. The molecular weight excluding hydrogens is 424 g/mol. The molecule has 0 aliphatic carbocycles. The van der Waals surface area contributed by atoms with Crippen LogP contribution in [0.4, 0.5) is 11.4 Å². The minimum absolute atomic E-state index is 0.209. The van der Waals surface area contributed by atoms with Gasteiger partial charge in [-0.25, -0.2) is 4.90 Å². The molecule has 0 atom stereocenters. The topological polar surface area (TPSA) is 58.6 Å². The quantitative estimate of drug-likeness (QED) is 0.513. The Bertz CT molecular complexity index is 1260. The third-order valence-electron chi connectivity index (χ3n) is 5.43. The van der Waals surface area contributed by atoms with Crippen molar-refractivity contribution in [1.82, 2.24) is 0 Å². The highest BCUT2D eigenvalue weighted by molar-refractivity contribution is 6.46. The van der Waals surface area contributed by atoms with Crippen LogP contribution in [0.3, 0.4) is 0 Å². The van der Waals surface area contributed by atoms with Gasteiger partial charge in [0.2, 0.25) is 0 Å². The SMILES string of the molecule is COc1ccc(C)cc1NC1=C(c2ccc(C)cc2C)C(=O)N(c2ccc(Cl)cc2)C1=O. The molecule has 0 radical (unpaired) electrons. The Morgan fingerprint density at radius 1 is 0.844 bits per heavy atom. The van der Waals surface area contributed by atoms with Crippen molar-refractivity contribution < 1.29 is 14.3 Å². The number of methoxy groups -OCH3 is 1. The van der Waals surface area contributed by atoms with Gasteiger partial charge >= 0.3 is 0 Å². The summed E-state index contributed by atoms with van der Waals surface area (Å²) in [5.74, 6) is -0.248. The molecule has 0 unspecified atom stereocenters. The van der Waals surface area contributed by atoms with E-state index in [2.05, 4.69) is 5.32 Å². The van der Waals surface area contributed by atoms with Crippen LogP contribution in [0, 0.1) is 20.8 Å². The van der Waals surface area contributed by atoms with E-state index in [-0.39, 0.29) is 5.70 Å². The first-order valence-electron chi connectivity index (χ1n) is 10.2. The largest absolute Gasteiger partial charge is 0.495 e. The molecule has 1 heterocycles. The summed E-state index contributed by atoms with van der Waals surface area (Å²) in [4.78, 5) is 28.3. The van der Waals surface area contributed by atoms with E-state index in [0.29, 0.717) is 33.3 Å². The summed E-state index contributed by atoms with van der Waals surface area (Å²) in [7, 11) is 1.57. The lowest BCUT2D eigenvalue weighted by molar-refractivity contribution is -0.120. The number of amides is 2. The number of anilines is 2. The fraction of sp³-hybridized carbons (Fsp3) is 0.154. The molecule has 0 saturated carbocycles. The third kappa shape index (κ3) is 3.87. The molecule has 0 saturated heterocycles. The number of carbonyl (C=O) groups excluding carboxylic acids is 2. The Morgan fingerprint density at radius 3 is 2.16 bits per heavy atom. The van der Waals surface area contributed by atoms with Crippen molar-refractivity contribution >= 4 is 40.4 Å². The summed E-state index contributed by atoms with van der Waals surface area (Å²) < 4.78 is 5.47. The molecule has 2 amide bonds. The Labute approximate surface area is 192 Å². The van der Waals surface area contributed by atoms with E-state index in [1.54, 1.807) is 31.4 Å². The van der Waals surface area contributed by atoms with Crippen molar-refractivity contribution in [3.63, 3.8) is 0 Å². The number of hydrogen-bond donors (Lipinski definition) is 1. The highest BCUT2D eigenvalue weighted by Gasteiger charge is 2.41. The predicted molar refractivity (Wildman–Crippen MR) is 128 cm³/mol.